The van der Waals surface area contributed by atoms with Crippen molar-refractivity contribution in [3.8, 4) is 11.5 Å². The highest BCUT2D eigenvalue weighted by Gasteiger charge is 2.09. The molecule has 2 aromatic carbocycles. The second-order valence-electron chi connectivity index (χ2n) is 5.48. The number of thiophene rings is 1. The molecular formula is C20H15ClN2O4S. The average Bonchev–Trinajstić information content (AvgIpc) is 3.23. The lowest BCUT2D eigenvalue weighted by Gasteiger charge is -2.05. The summed E-state index contributed by atoms with van der Waals surface area (Å²) in [5.41, 5.74) is 3.10. The van der Waals surface area contributed by atoms with Crippen LogP contribution in [0.1, 0.15) is 15.2 Å². The van der Waals surface area contributed by atoms with Crippen molar-refractivity contribution in [3.05, 3.63) is 81.5 Å². The predicted octanol–water partition coefficient (Wildman–Crippen LogP) is 4.15. The maximum absolute atomic E-state index is 11.9. The summed E-state index contributed by atoms with van der Waals surface area (Å²) >= 11 is 7.16. The Labute approximate surface area is 170 Å². The molecule has 3 aromatic rings. The molecule has 6 nitrogen and oxygen atoms in total. The van der Waals surface area contributed by atoms with Crippen molar-refractivity contribution in [2.75, 3.05) is 6.61 Å². The van der Waals surface area contributed by atoms with Crippen LogP contribution < -0.4 is 14.9 Å². The molecule has 142 valence electrons. The molecule has 0 aliphatic heterocycles. The van der Waals surface area contributed by atoms with E-state index in [2.05, 4.69) is 10.5 Å². The van der Waals surface area contributed by atoms with Gasteiger partial charge in [0.05, 0.1) is 6.21 Å². The van der Waals surface area contributed by atoms with E-state index in [0.29, 0.717) is 21.4 Å². The number of hydrazone groups is 1. The van der Waals surface area contributed by atoms with E-state index in [4.69, 9.17) is 21.1 Å². The number of rotatable bonds is 7. The minimum atomic E-state index is -0.405. The van der Waals surface area contributed by atoms with Crippen molar-refractivity contribution in [2.45, 2.75) is 0 Å². The van der Waals surface area contributed by atoms with E-state index in [1.807, 2.05) is 5.38 Å². The molecule has 0 fully saturated rings. The zero-order chi connectivity index (χ0) is 19.8. The highest BCUT2D eigenvalue weighted by molar-refractivity contribution is 7.12. The first-order chi connectivity index (χ1) is 13.6. The van der Waals surface area contributed by atoms with E-state index in [-0.39, 0.29) is 6.61 Å². The van der Waals surface area contributed by atoms with Crippen molar-refractivity contribution in [3.63, 3.8) is 0 Å². The Morgan fingerprint density at radius 3 is 2.61 bits per heavy atom. The first kappa shape index (κ1) is 19.6. The molecular weight excluding hydrogens is 400 g/mol. The number of nitrogens with one attached hydrogen (secondary N) is 1. The van der Waals surface area contributed by atoms with Gasteiger partial charge in [-0.05, 0) is 59.5 Å². The normalized spacial score (nSPS) is 10.6. The fourth-order valence-electron chi connectivity index (χ4n) is 2.09. The fourth-order valence-corrected chi connectivity index (χ4v) is 2.87. The molecule has 1 N–H and O–H groups in total. The van der Waals surface area contributed by atoms with Gasteiger partial charge in [0.25, 0.3) is 5.91 Å². The Morgan fingerprint density at radius 1 is 1.07 bits per heavy atom. The van der Waals surface area contributed by atoms with Gasteiger partial charge in [0.15, 0.2) is 6.61 Å². The van der Waals surface area contributed by atoms with E-state index in [0.717, 1.165) is 5.56 Å². The van der Waals surface area contributed by atoms with Crippen molar-refractivity contribution >= 4 is 41.0 Å². The summed E-state index contributed by atoms with van der Waals surface area (Å²) in [6.07, 6.45) is 1.47. The van der Waals surface area contributed by atoms with Crippen LogP contribution in [0.2, 0.25) is 5.02 Å². The minimum Gasteiger partial charge on any atom is -0.484 e. The van der Waals surface area contributed by atoms with Gasteiger partial charge in [-0.3, -0.25) is 4.79 Å². The Morgan fingerprint density at radius 2 is 1.89 bits per heavy atom. The average molecular weight is 415 g/mol. The number of esters is 1. The number of hydrogen-bond acceptors (Lipinski definition) is 6. The molecule has 1 amide bonds. The molecule has 0 spiro atoms. The molecule has 0 saturated carbocycles. The third-order valence-electron chi connectivity index (χ3n) is 3.38. The predicted molar refractivity (Wildman–Crippen MR) is 108 cm³/mol. The Hall–Kier alpha value is -3.16. The van der Waals surface area contributed by atoms with Crippen LogP contribution in [0.5, 0.6) is 11.5 Å². The summed E-state index contributed by atoms with van der Waals surface area (Å²) in [5.74, 6) is 0.120. The van der Waals surface area contributed by atoms with Gasteiger partial charge in [-0.2, -0.15) is 5.10 Å². The van der Waals surface area contributed by atoms with Gasteiger partial charge in [-0.15, -0.1) is 11.3 Å². The molecule has 0 aliphatic carbocycles. The molecule has 0 bridgehead atoms. The van der Waals surface area contributed by atoms with Gasteiger partial charge >= 0.3 is 5.97 Å². The van der Waals surface area contributed by atoms with Crippen molar-refractivity contribution in [1.82, 2.24) is 5.43 Å². The Kier molecular flexibility index (Phi) is 6.78. The smallest absolute Gasteiger partial charge is 0.353 e. The standard InChI is InChI=1S/C20H15ClN2O4S/c21-15-3-1-4-17(11-15)26-13-19(24)23-22-12-14-6-8-16(9-7-14)27-20(25)18-5-2-10-28-18/h1-12H,13H2,(H,23,24)/b22-12-. The third-order valence-corrected chi connectivity index (χ3v) is 4.47. The summed E-state index contributed by atoms with van der Waals surface area (Å²) < 4.78 is 10.6. The number of amides is 1. The molecule has 1 aromatic heterocycles. The Balaban J connectivity index is 1.45. The molecule has 1 heterocycles. The minimum absolute atomic E-state index is 0.185. The molecule has 28 heavy (non-hydrogen) atoms. The molecule has 0 atom stereocenters. The molecule has 8 heteroatoms. The van der Waals surface area contributed by atoms with Crippen LogP contribution in [-0.2, 0) is 4.79 Å². The summed E-state index contributed by atoms with van der Waals surface area (Å²) in [5, 5.41) is 6.20. The zero-order valence-corrected chi connectivity index (χ0v) is 16.1. The lowest BCUT2D eigenvalue weighted by molar-refractivity contribution is -0.123. The second kappa shape index (κ2) is 9.68. The van der Waals surface area contributed by atoms with Crippen LogP contribution in [0.4, 0.5) is 0 Å². The van der Waals surface area contributed by atoms with Gasteiger partial charge in [-0.1, -0.05) is 23.7 Å². The summed E-state index contributed by atoms with van der Waals surface area (Å²) in [6, 6.07) is 17.0. The molecule has 0 radical (unpaired) electrons. The number of hydrogen-bond donors (Lipinski definition) is 1. The summed E-state index contributed by atoms with van der Waals surface area (Å²) in [7, 11) is 0. The lowest BCUT2D eigenvalue weighted by atomic mass is 10.2. The van der Waals surface area contributed by atoms with Gasteiger partial charge in [0.1, 0.15) is 16.4 Å². The highest BCUT2D eigenvalue weighted by atomic mass is 35.5. The first-order valence-corrected chi connectivity index (χ1v) is 9.42. The SMILES string of the molecule is O=C(COc1cccc(Cl)c1)N/N=C\c1ccc(OC(=O)c2cccs2)cc1. The van der Waals surface area contributed by atoms with Crippen LogP contribution in [0.25, 0.3) is 0 Å². The van der Waals surface area contributed by atoms with E-state index in [9.17, 15) is 9.59 Å². The van der Waals surface area contributed by atoms with Crippen LogP contribution >= 0.6 is 22.9 Å². The van der Waals surface area contributed by atoms with E-state index >= 15 is 0 Å². The maximum atomic E-state index is 11.9. The molecule has 0 saturated heterocycles. The summed E-state index contributed by atoms with van der Waals surface area (Å²) in [4.78, 5) is 24.2. The second-order valence-corrected chi connectivity index (χ2v) is 6.86. The van der Waals surface area contributed by atoms with Crippen LogP contribution in [-0.4, -0.2) is 24.7 Å². The van der Waals surface area contributed by atoms with E-state index in [1.54, 1.807) is 60.7 Å². The van der Waals surface area contributed by atoms with E-state index in [1.165, 1.54) is 17.6 Å². The Bertz CT molecular complexity index is 972. The number of ether oxygens (including phenoxy) is 2. The van der Waals surface area contributed by atoms with Crippen molar-refractivity contribution < 1.29 is 19.1 Å². The van der Waals surface area contributed by atoms with Crippen LogP contribution in [0.15, 0.2) is 71.1 Å². The van der Waals surface area contributed by atoms with Crippen molar-refractivity contribution in [2.24, 2.45) is 5.10 Å². The zero-order valence-electron chi connectivity index (χ0n) is 14.5. The quantitative estimate of drug-likeness (QED) is 0.273. The van der Waals surface area contributed by atoms with Gasteiger partial charge < -0.3 is 9.47 Å². The number of carbonyl (C=O) groups excluding carboxylic acids is 2. The van der Waals surface area contributed by atoms with Gasteiger partial charge in [-0.25, -0.2) is 10.2 Å². The number of carbonyl (C=O) groups is 2. The summed E-state index contributed by atoms with van der Waals surface area (Å²) in [6.45, 7) is -0.185. The lowest BCUT2D eigenvalue weighted by Crippen LogP contribution is -2.24. The number of benzene rings is 2. The van der Waals surface area contributed by atoms with Crippen LogP contribution in [0.3, 0.4) is 0 Å². The monoisotopic (exact) mass is 414 g/mol. The maximum Gasteiger partial charge on any atom is 0.353 e. The van der Waals surface area contributed by atoms with E-state index < -0.39 is 11.9 Å². The topological polar surface area (TPSA) is 77.0 Å². The van der Waals surface area contributed by atoms with Crippen molar-refractivity contribution in [1.29, 1.82) is 0 Å². The fraction of sp³-hybridized carbons (Fsp3) is 0.0500. The highest BCUT2D eigenvalue weighted by Crippen LogP contribution is 2.17. The molecule has 0 aliphatic rings. The van der Waals surface area contributed by atoms with Crippen LogP contribution in [0, 0.1) is 0 Å². The number of nitrogens with zero attached hydrogens (tertiary/aromatic N) is 1. The molecule has 0 unspecified atom stereocenters. The number of halogens is 1. The van der Waals surface area contributed by atoms with Gasteiger partial charge in [0, 0.05) is 5.02 Å². The third kappa shape index (κ3) is 5.94. The largest absolute Gasteiger partial charge is 0.484 e. The van der Waals surface area contributed by atoms with Gasteiger partial charge in [0.2, 0.25) is 0 Å². The first-order valence-electron chi connectivity index (χ1n) is 8.16. The molecule has 3 rings (SSSR count).